The van der Waals surface area contributed by atoms with Crippen LogP contribution in [0.3, 0.4) is 0 Å². The van der Waals surface area contributed by atoms with Crippen LogP contribution in [0.15, 0.2) is 36.5 Å². The highest BCUT2D eigenvalue weighted by atomic mass is 35.5. The highest BCUT2D eigenvalue weighted by Gasteiger charge is 2.16. The van der Waals surface area contributed by atoms with E-state index in [0.29, 0.717) is 11.0 Å². The van der Waals surface area contributed by atoms with Crippen molar-refractivity contribution in [2.75, 3.05) is 11.9 Å². The third kappa shape index (κ3) is 3.05. The maximum Gasteiger partial charge on any atom is 0.354 e. The minimum atomic E-state index is -1.07. The Bertz CT molecular complexity index is 616. The molecule has 0 aliphatic carbocycles. The summed E-state index contributed by atoms with van der Waals surface area (Å²) in [5.74, 6) is -0.700. The highest BCUT2D eigenvalue weighted by Crippen LogP contribution is 2.23. The SMILES string of the molecule is CC(c1ccc(Cl)cc1)N(C)c1nccc(C(=O)O)n1. The lowest BCUT2D eigenvalue weighted by atomic mass is 10.1. The molecule has 5 nitrogen and oxygen atoms in total. The predicted molar refractivity (Wildman–Crippen MR) is 77.3 cm³/mol. The quantitative estimate of drug-likeness (QED) is 0.938. The summed E-state index contributed by atoms with van der Waals surface area (Å²) in [5.41, 5.74) is 1.02. The number of carboxylic acid groups (broad SMARTS) is 1. The van der Waals surface area contributed by atoms with E-state index in [-0.39, 0.29) is 11.7 Å². The van der Waals surface area contributed by atoms with Gasteiger partial charge in [-0.1, -0.05) is 23.7 Å². The molecule has 20 heavy (non-hydrogen) atoms. The lowest BCUT2D eigenvalue weighted by molar-refractivity contribution is 0.0690. The number of carboxylic acids is 1. The van der Waals surface area contributed by atoms with Crippen molar-refractivity contribution in [3.63, 3.8) is 0 Å². The number of aromatic nitrogens is 2. The largest absolute Gasteiger partial charge is 0.477 e. The lowest BCUT2D eigenvalue weighted by Crippen LogP contribution is -2.24. The molecule has 0 amide bonds. The summed E-state index contributed by atoms with van der Waals surface area (Å²) in [6, 6.07) is 8.84. The molecule has 0 saturated heterocycles. The molecular formula is C14H14ClN3O2. The van der Waals surface area contributed by atoms with Gasteiger partial charge in [0.05, 0.1) is 6.04 Å². The molecule has 0 fully saturated rings. The molecule has 104 valence electrons. The van der Waals surface area contributed by atoms with Crippen molar-refractivity contribution in [1.29, 1.82) is 0 Å². The summed E-state index contributed by atoms with van der Waals surface area (Å²) in [5, 5.41) is 9.63. The van der Waals surface area contributed by atoms with Gasteiger partial charge < -0.3 is 10.0 Å². The monoisotopic (exact) mass is 291 g/mol. The van der Waals surface area contributed by atoms with Gasteiger partial charge in [0.15, 0.2) is 5.69 Å². The van der Waals surface area contributed by atoms with Crippen LogP contribution in [0, 0.1) is 0 Å². The van der Waals surface area contributed by atoms with Crippen molar-refractivity contribution in [1.82, 2.24) is 9.97 Å². The zero-order valence-electron chi connectivity index (χ0n) is 11.1. The van der Waals surface area contributed by atoms with Crippen molar-refractivity contribution < 1.29 is 9.90 Å². The molecule has 6 heteroatoms. The van der Waals surface area contributed by atoms with E-state index in [1.54, 1.807) is 0 Å². The number of aromatic carboxylic acids is 1. The smallest absolute Gasteiger partial charge is 0.354 e. The Balaban J connectivity index is 2.26. The van der Waals surface area contributed by atoms with Crippen LogP contribution in [0.1, 0.15) is 29.0 Å². The third-order valence-corrected chi connectivity index (χ3v) is 3.36. The van der Waals surface area contributed by atoms with Crippen molar-refractivity contribution in [2.45, 2.75) is 13.0 Å². The van der Waals surface area contributed by atoms with Crippen LogP contribution in [0.5, 0.6) is 0 Å². The van der Waals surface area contributed by atoms with Gasteiger partial charge in [-0.25, -0.2) is 14.8 Å². The fourth-order valence-electron chi connectivity index (χ4n) is 1.78. The van der Waals surface area contributed by atoms with Crippen molar-refractivity contribution >= 4 is 23.5 Å². The zero-order valence-corrected chi connectivity index (χ0v) is 11.9. The Morgan fingerprint density at radius 3 is 2.55 bits per heavy atom. The standard InChI is InChI=1S/C14H14ClN3O2/c1-9(10-3-5-11(15)6-4-10)18(2)14-16-8-7-12(17-14)13(19)20/h3-9H,1-2H3,(H,19,20). The highest BCUT2D eigenvalue weighted by molar-refractivity contribution is 6.30. The summed E-state index contributed by atoms with van der Waals surface area (Å²) in [4.78, 5) is 20.9. The van der Waals surface area contributed by atoms with Gasteiger partial charge in [0.2, 0.25) is 5.95 Å². The minimum Gasteiger partial charge on any atom is -0.477 e. The number of hydrogen-bond acceptors (Lipinski definition) is 4. The molecule has 2 aromatic rings. The van der Waals surface area contributed by atoms with Crippen LogP contribution in [0.4, 0.5) is 5.95 Å². The molecule has 1 aromatic carbocycles. The van der Waals surface area contributed by atoms with Crippen molar-refractivity contribution in [3.8, 4) is 0 Å². The Morgan fingerprint density at radius 2 is 1.95 bits per heavy atom. The maximum absolute atomic E-state index is 10.9. The molecule has 0 aliphatic rings. The number of anilines is 1. The molecule has 1 aromatic heterocycles. The van der Waals surface area contributed by atoms with Crippen molar-refractivity contribution in [2.24, 2.45) is 0 Å². The van der Waals surface area contributed by atoms with Gasteiger partial charge in [-0.05, 0) is 30.7 Å². The average Bonchev–Trinajstić information content (AvgIpc) is 2.46. The van der Waals surface area contributed by atoms with E-state index in [4.69, 9.17) is 16.7 Å². The summed E-state index contributed by atoms with van der Waals surface area (Å²) in [6.45, 7) is 1.99. The molecule has 2 rings (SSSR count). The van der Waals surface area contributed by atoms with E-state index in [0.717, 1.165) is 5.56 Å². The first kappa shape index (κ1) is 14.3. The van der Waals surface area contributed by atoms with E-state index in [9.17, 15) is 4.79 Å². The van der Waals surface area contributed by atoms with Gasteiger partial charge in [0, 0.05) is 18.3 Å². The maximum atomic E-state index is 10.9. The molecule has 0 saturated carbocycles. The molecule has 1 N–H and O–H groups in total. The first-order valence-corrected chi connectivity index (χ1v) is 6.41. The van der Waals surface area contributed by atoms with Gasteiger partial charge in [-0.15, -0.1) is 0 Å². The van der Waals surface area contributed by atoms with E-state index >= 15 is 0 Å². The first-order chi connectivity index (χ1) is 9.49. The molecule has 1 heterocycles. The van der Waals surface area contributed by atoms with Gasteiger partial charge in [0.25, 0.3) is 0 Å². The van der Waals surface area contributed by atoms with Gasteiger partial charge in [0.1, 0.15) is 0 Å². The number of carbonyl (C=O) groups is 1. The van der Waals surface area contributed by atoms with Crippen molar-refractivity contribution in [3.05, 3.63) is 52.8 Å². The van der Waals surface area contributed by atoms with E-state index in [1.807, 2.05) is 43.1 Å². The molecule has 0 bridgehead atoms. The first-order valence-electron chi connectivity index (χ1n) is 6.03. The molecule has 1 atom stereocenters. The summed E-state index contributed by atoms with van der Waals surface area (Å²) >= 11 is 5.86. The summed E-state index contributed by atoms with van der Waals surface area (Å²) in [7, 11) is 1.82. The number of rotatable bonds is 4. The number of halogens is 1. The van der Waals surface area contributed by atoms with Crippen LogP contribution >= 0.6 is 11.6 Å². The van der Waals surface area contributed by atoms with Crippen LogP contribution in [-0.2, 0) is 0 Å². The molecule has 0 aliphatic heterocycles. The molecule has 0 spiro atoms. The van der Waals surface area contributed by atoms with E-state index in [2.05, 4.69) is 9.97 Å². The van der Waals surface area contributed by atoms with Gasteiger partial charge >= 0.3 is 5.97 Å². The summed E-state index contributed by atoms with van der Waals surface area (Å²) < 4.78 is 0. The van der Waals surface area contributed by atoms with Crippen LogP contribution in [-0.4, -0.2) is 28.1 Å². The Kier molecular flexibility index (Phi) is 4.20. The second-order valence-electron chi connectivity index (χ2n) is 4.39. The lowest BCUT2D eigenvalue weighted by Gasteiger charge is -2.25. The number of benzene rings is 1. The second kappa shape index (κ2) is 5.88. The summed E-state index contributed by atoms with van der Waals surface area (Å²) in [6.07, 6.45) is 1.44. The molecular weight excluding hydrogens is 278 g/mol. The normalized spacial score (nSPS) is 11.9. The second-order valence-corrected chi connectivity index (χ2v) is 4.82. The fourth-order valence-corrected chi connectivity index (χ4v) is 1.90. The van der Waals surface area contributed by atoms with Gasteiger partial charge in [-0.3, -0.25) is 0 Å². The van der Waals surface area contributed by atoms with Crippen LogP contribution in [0.25, 0.3) is 0 Å². The molecule has 1 unspecified atom stereocenters. The number of nitrogens with zero attached hydrogens (tertiary/aromatic N) is 3. The van der Waals surface area contributed by atoms with E-state index < -0.39 is 5.97 Å². The Morgan fingerprint density at radius 1 is 1.30 bits per heavy atom. The predicted octanol–water partition coefficient (Wildman–Crippen LogP) is 3.03. The van der Waals surface area contributed by atoms with E-state index in [1.165, 1.54) is 12.3 Å². The zero-order chi connectivity index (χ0) is 14.7. The Labute approximate surface area is 121 Å². The fraction of sp³-hybridized carbons (Fsp3) is 0.214. The van der Waals surface area contributed by atoms with Crippen LogP contribution in [0.2, 0.25) is 5.02 Å². The van der Waals surface area contributed by atoms with Gasteiger partial charge in [-0.2, -0.15) is 0 Å². The Hall–Kier alpha value is -2.14. The molecule has 0 radical (unpaired) electrons. The number of hydrogen-bond donors (Lipinski definition) is 1. The minimum absolute atomic E-state index is 0.00342. The average molecular weight is 292 g/mol. The topological polar surface area (TPSA) is 66.3 Å². The third-order valence-electron chi connectivity index (χ3n) is 3.11. The van der Waals surface area contributed by atoms with Crippen LogP contribution < -0.4 is 4.90 Å².